The van der Waals surface area contributed by atoms with Gasteiger partial charge in [-0.3, -0.25) is 4.79 Å². The molecule has 138 valence electrons. The smallest absolute Gasteiger partial charge is 0.255 e. The Morgan fingerprint density at radius 3 is 2.77 bits per heavy atom. The second-order valence-corrected chi connectivity index (χ2v) is 7.21. The molecule has 2 aromatic rings. The highest BCUT2D eigenvalue weighted by atomic mass is 32.2. The molecular weight excluding hydrogens is 360 g/mol. The molecule has 2 aromatic carbocycles. The molecule has 1 aliphatic rings. The van der Waals surface area contributed by atoms with Crippen LogP contribution in [-0.2, 0) is 14.8 Å². The van der Waals surface area contributed by atoms with Gasteiger partial charge in [-0.15, -0.1) is 0 Å². The van der Waals surface area contributed by atoms with Crippen molar-refractivity contribution in [3.8, 4) is 11.5 Å². The standard InChI is InChI=1S/C17H18N2O6S/c1-23-8-7-18-26(21,22)14-4-2-3-12(9-14)17(20)19-13-5-6-15-16(10-13)25-11-24-15/h2-6,9-10,18H,7-8,11H2,1H3,(H,19,20). The highest BCUT2D eigenvalue weighted by Gasteiger charge is 2.17. The van der Waals surface area contributed by atoms with E-state index in [0.717, 1.165) is 0 Å². The van der Waals surface area contributed by atoms with Gasteiger partial charge in [-0.25, -0.2) is 13.1 Å². The van der Waals surface area contributed by atoms with E-state index in [1.165, 1.54) is 31.4 Å². The zero-order valence-corrected chi connectivity index (χ0v) is 14.8. The lowest BCUT2D eigenvalue weighted by Gasteiger charge is -2.09. The number of amides is 1. The van der Waals surface area contributed by atoms with Crippen LogP contribution in [0.1, 0.15) is 10.4 Å². The minimum Gasteiger partial charge on any atom is -0.454 e. The van der Waals surface area contributed by atoms with Gasteiger partial charge in [0.1, 0.15) is 0 Å². The number of hydrogen-bond acceptors (Lipinski definition) is 6. The molecule has 1 heterocycles. The molecule has 0 radical (unpaired) electrons. The summed E-state index contributed by atoms with van der Waals surface area (Å²) in [4.78, 5) is 12.4. The van der Waals surface area contributed by atoms with Gasteiger partial charge < -0.3 is 19.5 Å². The summed E-state index contributed by atoms with van der Waals surface area (Å²) >= 11 is 0. The molecule has 0 bridgehead atoms. The molecule has 0 aromatic heterocycles. The summed E-state index contributed by atoms with van der Waals surface area (Å²) in [7, 11) is -2.23. The fraction of sp³-hybridized carbons (Fsp3) is 0.235. The summed E-state index contributed by atoms with van der Waals surface area (Å²) < 4.78 is 42.2. The van der Waals surface area contributed by atoms with Crippen molar-refractivity contribution in [3.63, 3.8) is 0 Å². The molecule has 8 nitrogen and oxygen atoms in total. The molecule has 1 amide bonds. The predicted octanol–water partition coefficient (Wildman–Crippen LogP) is 1.59. The normalized spacial score (nSPS) is 12.8. The first-order valence-corrected chi connectivity index (χ1v) is 9.27. The maximum absolute atomic E-state index is 12.4. The number of ether oxygens (including phenoxy) is 3. The maximum atomic E-state index is 12.4. The van der Waals surface area contributed by atoms with E-state index in [4.69, 9.17) is 14.2 Å². The molecule has 3 rings (SSSR count). The average Bonchev–Trinajstić information content (AvgIpc) is 3.10. The Labute approximate surface area is 151 Å². The molecule has 0 spiro atoms. The van der Waals surface area contributed by atoms with Crippen LogP contribution >= 0.6 is 0 Å². The number of methoxy groups -OCH3 is 1. The fourth-order valence-electron chi connectivity index (χ4n) is 2.34. The summed E-state index contributed by atoms with van der Waals surface area (Å²) in [5, 5.41) is 2.71. The Bertz CT molecular complexity index is 913. The SMILES string of the molecule is COCCNS(=O)(=O)c1cccc(C(=O)Nc2ccc3c(c2)OCO3)c1. The van der Waals surface area contributed by atoms with Crippen molar-refractivity contribution in [3.05, 3.63) is 48.0 Å². The zero-order valence-electron chi connectivity index (χ0n) is 14.0. The average molecular weight is 378 g/mol. The van der Waals surface area contributed by atoms with Gasteiger partial charge in [0, 0.05) is 31.0 Å². The van der Waals surface area contributed by atoms with E-state index < -0.39 is 15.9 Å². The van der Waals surface area contributed by atoms with E-state index in [0.29, 0.717) is 17.2 Å². The Kier molecular flexibility index (Phi) is 5.40. The van der Waals surface area contributed by atoms with Crippen molar-refractivity contribution in [1.82, 2.24) is 4.72 Å². The Balaban J connectivity index is 1.74. The van der Waals surface area contributed by atoms with E-state index in [2.05, 4.69) is 10.0 Å². The zero-order chi connectivity index (χ0) is 18.6. The summed E-state index contributed by atoms with van der Waals surface area (Å²) in [6, 6.07) is 10.8. The highest BCUT2D eigenvalue weighted by molar-refractivity contribution is 7.89. The van der Waals surface area contributed by atoms with Crippen LogP contribution in [0.25, 0.3) is 0 Å². The number of hydrogen-bond donors (Lipinski definition) is 2. The number of carbonyl (C=O) groups is 1. The lowest BCUT2D eigenvalue weighted by Crippen LogP contribution is -2.27. The Morgan fingerprint density at radius 1 is 1.15 bits per heavy atom. The van der Waals surface area contributed by atoms with Crippen molar-refractivity contribution < 1.29 is 27.4 Å². The number of sulfonamides is 1. The molecule has 0 unspecified atom stereocenters. The number of benzene rings is 2. The molecular formula is C17H18N2O6S. The lowest BCUT2D eigenvalue weighted by atomic mass is 10.2. The molecule has 1 aliphatic heterocycles. The van der Waals surface area contributed by atoms with Gasteiger partial charge in [0.2, 0.25) is 16.8 Å². The lowest BCUT2D eigenvalue weighted by molar-refractivity contribution is 0.102. The number of nitrogens with one attached hydrogen (secondary N) is 2. The molecule has 0 saturated heterocycles. The molecule has 26 heavy (non-hydrogen) atoms. The first kappa shape index (κ1) is 18.2. The molecule has 0 saturated carbocycles. The molecule has 0 fully saturated rings. The second-order valence-electron chi connectivity index (χ2n) is 5.44. The van der Waals surface area contributed by atoms with Gasteiger partial charge in [-0.2, -0.15) is 0 Å². The molecule has 0 atom stereocenters. The quantitative estimate of drug-likeness (QED) is 0.710. The third-order valence-electron chi connectivity index (χ3n) is 3.64. The maximum Gasteiger partial charge on any atom is 0.255 e. The van der Waals surface area contributed by atoms with Crippen LogP contribution in [-0.4, -0.2) is 41.4 Å². The van der Waals surface area contributed by atoms with Gasteiger partial charge in [0.05, 0.1) is 11.5 Å². The van der Waals surface area contributed by atoms with E-state index in [1.807, 2.05) is 0 Å². The topological polar surface area (TPSA) is 103 Å². The third kappa shape index (κ3) is 4.13. The van der Waals surface area contributed by atoms with E-state index in [1.54, 1.807) is 18.2 Å². The van der Waals surface area contributed by atoms with Crippen LogP contribution in [0.2, 0.25) is 0 Å². The van der Waals surface area contributed by atoms with Crippen molar-refractivity contribution in [2.24, 2.45) is 0 Å². The number of rotatable bonds is 7. The van der Waals surface area contributed by atoms with Crippen LogP contribution in [0.5, 0.6) is 11.5 Å². The Hall–Kier alpha value is -2.62. The van der Waals surface area contributed by atoms with E-state index in [-0.39, 0.29) is 30.4 Å². The van der Waals surface area contributed by atoms with E-state index in [9.17, 15) is 13.2 Å². The van der Waals surface area contributed by atoms with Gasteiger partial charge in [-0.1, -0.05) is 6.07 Å². The first-order valence-electron chi connectivity index (χ1n) is 7.79. The van der Waals surface area contributed by atoms with Crippen LogP contribution < -0.4 is 19.5 Å². The van der Waals surface area contributed by atoms with Crippen molar-refractivity contribution in [2.45, 2.75) is 4.90 Å². The van der Waals surface area contributed by atoms with Crippen LogP contribution in [0.4, 0.5) is 5.69 Å². The number of fused-ring (bicyclic) bond motifs is 1. The summed E-state index contributed by atoms with van der Waals surface area (Å²) in [5.74, 6) is 0.720. The third-order valence-corrected chi connectivity index (χ3v) is 5.09. The fourth-order valence-corrected chi connectivity index (χ4v) is 3.40. The molecule has 0 aliphatic carbocycles. The number of carbonyl (C=O) groups excluding carboxylic acids is 1. The molecule has 9 heteroatoms. The van der Waals surface area contributed by atoms with Crippen molar-refractivity contribution in [2.75, 3.05) is 32.4 Å². The van der Waals surface area contributed by atoms with Crippen LogP contribution in [0.15, 0.2) is 47.4 Å². The number of anilines is 1. The summed E-state index contributed by atoms with van der Waals surface area (Å²) in [5.41, 5.74) is 0.739. The molecule has 2 N–H and O–H groups in total. The monoisotopic (exact) mass is 378 g/mol. The van der Waals surface area contributed by atoms with Crippen molar-refractivity contribution in [1.29, 1.82) is 0 Å². The van der Waals surface area contributed by atoms with Crippen LogP contribution in [0, 0.1) is 0 Å². The Morgan fingerprint density at radius 2 is 1.96 bits per heavy atom. The summed E-state index contributed by atoms with van der Waals surface area (Å²) in [6.07, 6.45) is 0. The van der Waals surface area contributed by atoms with Gasteiger partial charge in [0.15, 0.2) is 11.5 Å². The van der Waals surface area contributed by atoms with Gasteiger partial charge in [-0.05, 0) is 30.3 Å². The van der Waals surface area contributed by atoms with Crippen molar-refractivity contribution >= 4 is 21.6 Å². The predicted molar refractivity (Wildman–Crippen MR) is 94.0 cm³/mol. The highest BCUT2D eigenvalue weighted by Crippen LogP contribution is 2.34. The first-order chi connectivity index (χ1) is 12.5. The van der Waals surface area contributed by atoms with E-state index >= 15 is 0 Å². The van der Waals surface area contributed by atoms with Crippen LogP contribution in [0.3, 0.4) is 0 Å². The second kappa shape index (κ2) is 7.73. The summed E-state index contributed by atoms with van der Waals surface area (Å²) in [6.45, 7) is 0.540. The largest absolute Gasteiger partial charge is 0.454 e. The van der Waals surface area contributed by atoms with Gasteiger partial charge >= 0.3 is 0 Å². The minimum atomic E-state index is -3.72. The van der Waals surface area contributed by atoms with Gasteiger partial charge in [0.25, 0.3) is 5.91 Å². The minimum absolute atomic E-state index is 0.00643.